The molecule has 1 aliphatic heterocycles. The molecule has 0 saturated carbocycles. The lowest BCUT2D eigenvalue weighted by Gasteiger charge is -2.28. The van der Waals surface area contributed by atoms with E-state index < -0.39 is 0 Å². The molecule has 0 aliphatic carbocycles. The van der Waals surface area contributed by atoms with Gasteiger partial charge in [0.05, 0.1) is 0 Å². The Morgan fingerprint density at radius 1 is 1.44 bits per heavy atom. The number of likely N-dealkylation sites (N-methyl/N-ethyl adjacent to an activating group) is 1. The first kappa shape index (κ1) is 14.3. The van der Waals surface area contributed by atoms with Crippen molar-refractivity contribution >= 4 is 27.5 Å². The van der Waals surface area contributed by atoms with Crippen molar-refractivity contribution < 1.29 is 0 Å². The predicted octanol–water partition coefficient (Wildman–Crippen LogP) is 3.68. The zero-order valence-electron chi connectivity index (χ0n) is 10.8. The van der Waals surface area contributed by atoms with Crippen LogP contribution in [0.2, 0.25) is 5.02 Å². The highest BCUT2D eigenvalue weighted by atomic mass is 79.9. The van der Waals surface area contributed by atoms with Crippen LogP contribution in [0.3, 0.4) is 0 Å². The van der Waals surface area contributed by atoms with Gasteiger partial charge in [0.25, 0.3) is 0 Å². The number of hydrogen-bond donors (Lipinski definition) is 1. The van der Waals surface area contributed by atoms with E-state index in [0.29, 0.717) is 6.04 Å². The molecule has 0 spiro atoms. The van der Waals surface area contributed by atoms with Crippen LogP contribution in [0.25, 0.3) is 0 Å². The molecule has 1 aromatic rings. The minimum atomic E-state index is 0.634. The SMILES string of the molecule is CN(Cc1cc(Br)ccc1Cl)CC1CCCCN1. The molecule has 1 fully saturated rings. The van der Waals surface area contributed by atoms with Crippen LogP contribution in [-0.2, 0) is 6.54 Å². The average molecular weight is 332 g/mol. The lowest BCUT2D eigenvalue weighted by atomic mass is 10.0. The van der Waals surface area contributed by atoms with Gasteiger partial charge in [-0.2, -0.15) is 0 Å². The van der Waals surface area contributed by atoms with E-state index in [2.05, 4.69) is 39.3 Å². The lowest BCUT2D eigenvalue weighted by molar-refractivity contribution is 0.256. The Balaban J connectivity index is 1.89. The van der Waals surface area contributed by atoms with Crippen LogP contribution in [-0.4, -0.2) is 31.1 Å². The van der Waals surface area contributed by atoms with Gasteiger partial charge in [-0.3, -0.25) is 0 Å². The maximum Gasteiger partial charge on any atom is 0.0451 e. The van der Waals surface area contributed by atoms with Gasteiger partial charge < -0.3 is 10.2 Å². The molecule has 1 atom stereocenters. The van der Waals surface area contributed by atoms with E-state index in [1.807, 2.05) is 12.1 Å². The molecule has 0 bridgehead atoms. The normalized spacial score (nSPS) is 20.3. The second-order valence-electron chi connectivity index (χ2n) is 5.08. The van der Waals surface area contributed by atoms with Crippen molar-refractivity contribution in [3.63, 3.8) is 0 Å². The molecule has 0 aromatic heterocycles. The summed E-state index contributed by atoms with van der Waals surface area (Å²) < 4.78 is 1.09. The van der Waals surface area contributed by atoms with E-state index in [9.17, 15) is 0 Å². The molecule has 0 radical (unpaired) electrons. The van der Waals surface area contributed by atoms with Crippen molar-refractivity contribution in [3.05, 3.63) is 33.3 Å². The monoisotopic (exact) mass is 330 g/mol. The summed E-state index contributed by atoms with van der Waals surface area (Å²) in [6.07, 6.45) is 3.96. The Bertz CT molecular complexity index is 391. The van der Waals surface area contributed by atoms with Gasteiger partial charge in [0.1, 0.15) is 0 Å². The van der Waals surface area contributed by atoms with Crippen LogP contribution in [0, 0.1) is 0 Å². The molecule has 1 saturated heterocycles. The predicted molar refractivity (Wildman–Crippen MR) is 81.1 cm³/mol. The fourth-order valence-electron chi connectivity index (χ4n) is 2.48. The maximum atomic E-state index is 6.22. The van der Waals surface area contributed by atoms with E-state index in [4.69, 9.17) is 11.6 Å². The van der Waals surface area contributed by atoms with Gasteiger partial charge in [-0.05, 0) is 50.2 Å². The van der Waals surface area contributed by atoms with Gasteiger partial charge in [-0.1, -0.05) is 34.0 Å². The van der Waals surface area contributed by atoms with Crippen molar-refractivity contribution in [1.82, 2.24) is 10.2 Å². The van der Waals surface area contributed by atoms with Crippen molar-refractivity contribution in [2.24, 2.45) is 0 Å². The molecule has 0 amide bonds. The third-order valence-electron chi connectivity index (χ3n) is 3.39. The maximum absolute atomic E-state index is 6.22. The Morgan fingerprint density at radius 3 is 3.00 bits per heavy atom. The van der Waals surface area contributed by atoms with Crippen LogP contribution >= 0.6 is 27.5 Å². The summed E-state index contributed by atoms with van der Waals surface area (Å²) in [6, 6.07) is 6.67. The standard InChI is InChI=1S/C14H20BrClN2/c1-18(10-13-4-2-3-7-17-13)9-11-8-12(15)5-6-14(11)16/h5-6,8,13,17H,2-4,7,9-10H2,1H3. The van der Waals surface area contributed by atoms with Crippen molar-refractivity contribution in [2.75, 3.05) is 20.1 Å². The van der Waals surface area contributed by atoms with Gasteiger partial charge in [-0.25, -0.2) is 0 Å². The number of piperidine rings is 1. The highest BCUT2D eigenvalue weighted by molar-refractivity contribution is 9.10. The van der Waals surface area contributed by atoms with E-state index in [0.717, 1.165) is 29.1 Å². The first-order valence-corrected chi connectivity index (χ1v) is 7.68. The lowest BCUT2D eigenvalue weighted by Crippen LogP contribution is -2.42. The van der Waals surface area contributed by atoms with Gasteiger partial charge in [0.2, 0.25) is 0 Å². The zero-order valence-corrected chi connectivity index (χ0v) is 13.1. The molecule has 1 unspecified atom stereocenters. The van der Waals surface area contributed by atoms with E-state index in [1.54, 1.807) is 0 Å². The third kappa shape index (κ3) is 4.23. The Morgan fingerprint density at radius 2 is 2.28 bits per heavy atom. The van der Waals surface area contributed by atoms with E-state index >= 15 is 0 Å². The van der Waals surface area contributed by atoms with Gasteiger partial charge in [0, 0.05) is 28.6 Å². The minimum absolute atomic E-state index is 0.634. The Kier molecular flexibility index (Phi) is 5.49. The number of nitrogens with zero attached hydrogens (tertiary/aromatic N) is 1. The number of nitrogens with one attached hydrogen (secondary N) is 1. The van der Waals surface area contributed by atoms with Crippen LogP contribution in [0.1, 0.15) is 24.8 Å². The van der Waals surface area contributed by atoms with Crippen molar-refractivity contribution in [1.29, 1.82) is 0 Å². The molecule has 1 aromatic carbocycles. The second kappa shape index (κ2) is 6.90. The highest BCUT2D eigenvalue weighted by Gasteiger charge is 2.15. The zero-order chi connectivity index (χ0) is 13.0. The highest BCUT2D eigenvalue weighted by Crippen LogP contribution is 2.22. The minimum Gasteiger partial charge on any atom is -0.313 e. The summed E-state index contributed by atoms with van der Waals surface area (Å²) >= 11 is 9.72. The first-order chi connectivity index (χ1) is 8.65. The summed E-state index contributed by atoms with van der Waals surface area (Å²) in [4.78, 5) is 2.34. The molecule has 1 aliphatic rings. The summed E-state index contributed by atoms with van der Waals surface area (Å²) in [7, 11) is 2.16. The molecule has 4 heteroatoms. The van der Waals surface area contributed by atoms with Crippen LogP contribution < -0.4 is 5.32 Å². The van der Waals surface area contributed by atoms with Crippen molar-refractivity contribution in [3.8, 4) is 0 Å². The number of rotatable bonds is 4. The summed E-state index contributed by atoms with van der Waals surface area (Å²) in [5.41, 5.74) is 1.18. The number of hydrogen-bond acceptors (Lipinski definition) is 2. The van der Waals surface area contributed by atoms with Gasteiger partial charge in [-0.15, -0.1) is 0 Å². The molecular formula is C14H20BrClN2. The summed E-state index contributed by atoms with van der Waals surface area (Å²) in [5, 5.41) is 4.43. The van der Waals surface area contributed by atoms with Crippen LogP contribution in [0.15, 0.2) is 22.7 Å². The fraction of sp³-hybridized carbons (Fsp3) is 0.571. The molecular weight excluding hydrogens is 312 g/mol. The largest absolute Gasteiger partial charge is 0.313 e. The smallest absolute Gasteiger partial charge is 0.0451 e. The molecule has 1 N–H and O–H groups in total. The number of benzene rings is 1. The van der Waals surface area contributed by atoms with Crippen molar-refractivity contribution in [2.45, 2.75) is 31.8 Å². The number of halogens is 2. The summed E-state index contributed by atoms with van der Waals surface area (Å²) in [5.74, 6) is 0. The molecule has 100 valence electrons. The average Bonchev–Trinajstić information content (AvgIpc) is 2.35. The topological polar surface area (TPSA) is 15.3 Å². The Labute approximate surface area is 123 Å². The molecule has 2 rings (SSSR count). The summed E-state index contributed by atoms with van der Waals surface area (Å²) in [6.45, 7) is 3.15. The van der Waals surface area contributed by atoms with Crippen LogP contribution in [0.4, 0.5) is 0 Å². The van der Waals surface area contributed by atoms with Gasteiger partial charge in [0.15, 0.2) is 0 Å². The third-order valence-corrected chi connectivity index (χ3v) is 4.25. The Hall–Kier alpha value is -0.0900. The van der Waals surface area contributed by atoms with E-state index in [1.165, 1.54) is 24.8 Å². The van der Waals surface area contributed by atoms with E-state index in [-0.39, 0.29) is 0 Å². The van der Waals surface area contributed by atoms with Crippen LogP contribution in [0.5, 0.6) is 0 Å². The quantitative estimate of drug-likeness (QED) is 0.905. The first-order valence-electron chi connectivity index (χ1n) is 6.51. The van der Waals surface area contributed by atoms with Gasteiger partial charge >= 0.3 is 0 Å². The second-order valence-corrected chi connectivity index (χ2v) is 6.40. The molecule has 1 heterocycles. The fourth-order valence-corrected chi connectivity index (χ4v) is 3.06. The molecule has 18 heavy (non-hydrogen) atoms. The molecule has 2 nitrogen and oxygen atoms in total.